The molecule has 1 unspecified atom stereocenters. The van der Waals surface area contributed by atoms with Gasteiger partial charge in [0.15, 0.2) is 10.8 Å². The van der Waals surface area contributed by atoms with Gasteiger partial charge in [0.1, 0.15) is 12.4 Å². The monoisotopic (exact) mass is 537 g/mol. The summed E-state index contributed by atoms with van der Waals surface area (Å²) in [5.41, 5.74) is 3.61. The second-order valence-corrected chi connectivity index (χ2v) is 10.4. The number of hydrogen-bond donors (Lipinski definition) is 1. The van der Waals surface area contributed by atoms with Crippen molar-refractivity contribution in [2.75, 3.05) is 43.4 Å². The van der Waals surface area contributed by atoms with Gasteiger partial charge in [-0.3, -0.25) is 19.5 Å². The first-order valence-corrected chi connectivity index (χ1v) is 13.6. The van der Waals surface area contributed by atoms with Crippen molar-refractivity contribution in [3.8, 4) is 11.1 Å². The fourth-order valence-corrected chi connectivity index (χ4v) is 5.36. The van der Waals surface area contributed by atoms with Crippen LogP contribution in [0.25, 0.3) is 22.2 Å². The Kier molecular flexibility index (Phi) is 6.87. The average molecular weight is 538 g/mol. The minimum absolute atomic E-state index is 0.334. The number of amides is 1. The molecular weight excluding hydrogens is 510 g/mol. The van der Waals surface area contributed by atoms with E-state index in [-0.39, 0.29) is 11.5 Å². The van der Waals surface area contributed by atoms with Gasteiger partial charge in [0, 0.05) is 55.2 Å². The average Bonchev–Trinajstić information content (AvgIpc) is 3.48. The zero-order valence-electron chi connectivity index (χ0n) is 21.4. The minimum Gasteiger partial charge on any atom is -0.369 e. The molecule has 1 aliphatic rings. The molecule has 1 aliphatic heterocycles. The van der Waals surface area contributed by atoms with Crippen molar-refractivity contribution in [2.24, 2.45) is 0 Å². The molecule has 1 atom stereocenters. The summed E-state index contributed by atoms with van der Waals surface area (Å²) in [5, 5.41) is 5.42. The highest BCUT2D eigenvalue weighted by atomic mass is 32.1. The lowest BCUT2D eigenvalue weighted by atomic mass is 10.0. The number of anilines is 2. The Hall–Kier alpha value is -4.41. The standard InChI is InChI=1S/C29H27N7O2S/c1-34-12-14-35(15-13-34)23-9-7-20(8-10-23)22-17-24-26(31-18-22)32-19-36(28(24)38)25(21-5-3-2-4-6-21)27(37)33-29-30-11-16-39-29/h2-11,16-19,25H,12-15H2,1H3,(H,30,33,37). The Labute approximate surface area is 229 Å². The molecule has 0 spiro atoms. The number of nitrogens with zero attached hydrogens (tertiary/aromatic N) is 6. The first-order valence-electron chi connectivity index (χ1n) is 12.7. The maximum absolute atomic E-state index is 13.8. The number of carbonyl (C=O) groups is 1. The van der Waals surface area contributed by atoms with Crippen molar-refractivity contribution >= 4 is 39.1 Å². The third-order valence-electron chi connectivity index (χ3n) is 7.01. The summed E-state index contributed by atoms with van der Waals surface area (Å²) in [7, 11) is 2.14. The van der Waals surface area contributed by atoms with Gasteiger partial charge in [0.05, 0.1) is 5.39 Å². The van der Waals surface area contributed by atoms with Crippen LogP contribution in [0, 0.1) is 0 Å². The van der Waals surface area contributed by atoms with Crippen molar-refractivity contribution in [2.45, 2.75) is 6.04 Å². The zero-order chi connectivity index (χ0) is 26.8. The fraction of sp³-hybridized carbons (Fsp3) is 0.207. The number of thiazole rings is 1. The Bertz CT molecular complexity index is 1650. The van der Waals surface area contributed by atoms with E-state index >= 15 is 0 Å². The van der Waals surface area contributed by atoms with Gasteiger partial charge in [-0.25, -0.2) is 15.0 Å². The number of benzene rings is 2. The van der Waals surface area contributed by atoms with E-state index in [0.717, 1.165) is 37.3 Å². The Morgan fingerprint density at radius 2 is 1.72 bits per heavy atom. The van der Waals surface area contributed by atoms with Crippen LogP contribution in [0.1, 0.15) is 11.6 Å². The molecule has 1 fully saturated rings. The van der Waals surface area contributed by atoms with Crippen LogP contribution in [0.2, 0.25) is 0 Å². The van der Waals surface area contributed by atoms with E-state index < -0.39 is 6.04 Å². The number of fused-ring (bicyclic) bond motifs is 1. The highest BCUT2D eigenvalue weighted by Gasteiger charge is 2.25. The Balaban J connectivity index is 1.35. The van der Waals surface area contributed by atoms with Crippen molar-refractivity contribution in [1.82, 2.24) is 24.4 Å². The largest absolute Gasteiger partial charge is 0.369 e. The molecule has 1 amide bonds. The van der Waals surface area contributed by atoms with Gasteiger partial charge in [-0.05, 0) is 36.4 Å². The van der Waals surface area contributed by atoms with E-state index in [9.17, 15) is 9.59 Å². The normalized spacial score (nSPS) is 14.8. The van der Waals surface area contributed by atoms with E-state index in [2.05, 4.69) is 61.4 Å². The maximum atomic E-state index is 13.8. The maximum Gasteiger partial charge on any atom is 0.263 e. The number of pyridine rings is 1. The molecule has 196 valence electrons. The summed E-state index contributed by atoms with van der Waals surface area (Å²) in [6.45, 7) is 4.08. The molecule has 9 nitrogen and oxygen atoms in total. The summed E-state index contributed by atoms with van der Waals surface area (Å²) >= 11 is 1.31. The number of piperazine rings is 1. The van der Waals surface area contributed by atoms with Gasteiger partial charge in [-0.1, -0.05) is 42.5 Å². The van der Waals surface area contributed by atoms with Crippen LogP contribution >= 0.6 is 11.3 Å². The third kappa shape index (κ3) is 5.16. The Morgan fingerprint density at radius 1 is 0.949 bits per heavy atom. The molecule has 3 aromatic heterocycles. The molecule has 1 saturated heterocycles. The zero-order valence-corrected chi connectivity index (χ0v) is 22.2. The summed E-state index contributed by atoms with van der Waals surface area (Å²) in [6, 6.07) is 18.4. The molecular formula is C29H27N7O2S. The molecule has 2 aromatic carbocycles. The molecule has 0 bridgehead atoms. The lowest BCUT2D eigenvalue weighted by molar-refractivity contribution is -0.118. The second kappa shape index (κ2) is 10.8. The predicted molar refractivity (Wildman–Crippen MR) is 154 cm³/mol. The lowest BCUT2D eigenvalue weighted by Crippen LogP contribution is -2.44. The topological polar surface area (TPSA) is 96.2 Å². The fourth-order valence-electron chi connectivity index (χ4n) is 4.83. The van der Waals surface area contributed by atoms with E-state index in [0.29, 0.717) is 21.7 Å². The van der Waals surface area contributed by atoms with Gasteiger partial charge < -0.3 is 9.80 Å². The molecule has 39 heavy (non-hydrogen) atoms. The van der Waals surface area contributed by atoms with Crippen LogP contribution in [0.5, 0.6) is 0 Å². The van der Waals surface area contributed by atoms with Gasteiger partial charge in [-0.2, -0.15) is 0 Å². The van der Waals surface area contributed by atoms with Crippen molar-refractivity contribution in [3.63, 3.8) is 0 Å². The SMILES string of the molecule is CN1CCN(c2ccc(-c3cnc4ncn(C(C(=O)Nc5nccs5)c5ccccc5)c(=O)c4c3)cc2)CC1. The summed E-state index contributed by atoms with van der Waals surface area (Å²) in [6.07, 6.45) is 4.74. The number of hydrogen-bond acceptors (Lipinski definition) is 8. The first-order chi connectivity index (χ1) is 19.1. The van der Waals surface area contributed by atoms with Gasteiger partial charge in [0.25, 0.3) is 11.5 Å². The molecule has 10 heteroatoms. The van der Waals surface area contributed by atoms with E-state index in [1.54, 1.807) is 23.8 Å². The van der Waals surface area contributed by atoms with Crippen LogP contribution in [-0.4, -0.2) is 63.6 Å². The van der Waals surface area contributed by atoms with Crippen LogP contribution < -0.4 is 15.8 Å². The molecule has 4 heterocycles. The number of likely N-dealkylation sites (N-methyl/N-ethyl adjacent to an activating group) is 1. The van der Waals surface area contributed by atoms with Crippen LogP contribution in [-0.2, 0) is 4.79 Å². The van der Waals surface area contributed by atoms with Crippen LogP contribution in [0.15, 0.2) is 89.6 Å². The first kappa shape index (κ1) is 24.9. The highest BCUT2D eigenvalue weighted by Crippen LogP contribution is 2.26. The van der Waals surface area contributed by atoms with Gasteiger partial charge >= 0.3 is 0 Å². The molecule has 5 aromatic rings. The second-order valence-electron chi connectivity index (χ2n) is 9.53. The number of carbonyl (C=O) groups excluding carboxylic acids is 1. The smallest absolute Gasteiger partial charge is 0.263 e. The molecule has 0 aliphatic carbocycles. The molecule has 1 N–H and O–H groups in total. The van der Waals surface area contributed by atoms with Crippen molar-refractivity contribution < 1.29 is 4.79 Å². The quantitative estimate of drug-likeness (QED) is 0.351. The van der Waals surface area contributed by atoms with E-state index in [1.165, 1.54) is 27.9 Å². The Morgan fingerprint density at radius 3 is 2.44 bits per heavy atom. The summed E-state index contributed by atoms with van der Waals surface area (Å²) in [4.78, 5) is 45.0. The minimum atomic E-state index is -0.925. The van der Waals surface area contributed by atoms with Crippen LogP contribution in [0.3, 0.4) is 0 Å². The lowest BCUT2D eigenvalue weighted by Gasteiger charge is -2.34. The van der Waals surface area contributed by atoms with Gasteiger partial charge in [-0.15, -0.1) is 11.3 Å². The third-order valence-corrected chi connectivity index (χ3v) is 7.70. The summed E-state index contributed by atoms with van der Waals surface area (Å²) in [5.74, 6) is -0.372. The number of nitrogens with one attached hydrogen (secondary N) is 1. The summed E-state index contributed by atoms with van der Waals surface area (Å²) < 4.78 is 1.36. The number of aromatic nitrogens is 4. The van der Waals surface area contributed by atoms with Crippen molar-refractivity contribution in [1.29, 1.82) is 0 Å². The molecule has 6 rings (SSSR count). The van der Waals surface area contributed by atoms with E-state index in [4.69, 9.17) is 0 Å². The van der Waals surface area contributed by atoms with Crippen molar-refractivity contribution in [3.05, 3.63) is 101 Å². The predicted octanol–water partition coefficient (Wildman–Crippen LogP) is 3.89. The number of rotatable bonds is 6. The van der Waals surface area contributed by atoms with Gasteiger partial charge in [0.2, 0.25) is 0 Å². The molecule has 0 radical (unpaired) electrons. The van der Waals surface area contributed by atoms with Crippen LogP contribution in [0.4, 0.5) is 10.8 Å². The van der Waals surface area contributed by atoms with E-state index in [1.807, 2.05) is 30.3 Å². The molecule has 0 saturated carbocycles. The highest BCUT2D eigenvalue weighted by molar-refractivity contribution is 7.13.